The molecule has 1 aliphatic rings. The maximum atomic E-state index is 11.7. The molecule has 19 heavy (non-hydrogen) atoms. The Morgan fingerprint density at radius 1 is 1.26 bits per heavy atom. The highest BCUT2D eigenvalue weighted by Gasteiger charge is 2.20. The Balaban J connectivity index is 1.62. The summed E-state index contributed by atoms with van der Waals surface area (Å²) in [6.45, 7) is 0.933. The van der Waals surface area contributed by atoms with E-state index < -0.39 is 0 Å². The Morgan fingerprint density at radius 2 is 2.11 bits per heavy atom. The largest absolute Gasteiger partial charge is 0.351 e. The van der Waals surface area contributed by atoms with Crippen molar-refractivity contribution in [1.29, 1.82) is 0 Å². The monoisotopic (exact) mass is 255 g/mol. The van der Waals surface area contributed by atoms with Crippen LogP contribution in [0, 0.1) is 0 Å². The normalized spacial score (nSPS) is 14.5. The van der Waals surface area contributed by atoms with Crippen LogP contribution in [0.5, 0.6) is 0 Å². The second-order valence-electron chi connectivity index (χ2n) is 4.92. The van der Waals surface area contributed by atoms with E-state index in [0.717, 1.165) is 16.5 Å². The average molecular weight is 255 g/mol. The molecular weight excluding hydrogens is 238 g/mol. The van der Waals surface area contributed by atoms with E-state index in [4.69, 9.17) is 0 Å². The highest BCUT2D eigenvalue weighted by Crippen LogP contribution is 2.18. The molecule has 0 unspecified atom stereocenters. The maximum absolute atomic E-state index is 11.7. The molecule has 1 fully saturated rings. The van der Waals surface area contributed by atoms with E-state index in [0.29, 0.717) is 19.1 Å². The molecule has 1 aliphatic carbocycles. The number of nitrogens with one attached hydrogen (secondary N) is 2. The van der Waals surface area contributed by atoms with Crippen LogP contribution in [0.1, 0.15) is 18.4 Å². The molecule has 1 amide bonds. The molecule has 98 valence electrons. The number of carbonyl (C=O) groups is 1. The number of amides is 1. The lowest BCUT2D eigenvalue weighted by atomic mass is 10.1. The highest BCUT2D eigenvalue weighted by atomic mass is 16.1. The number of hydrogen-bond donors (Lipinski definition) is 2. The van der Waals surface area contributed by atoms with Crippen molar-refractivity contribution in [2.24, 2.45) is 0 Å². The molecule has 0 radical (unpaired) electrons. The first kappa shape index (κ1) is 12.1. The van der Waals surface area contributed by atoms with Gasteiger partial charge in [0.2, 0.25) is 5.91 Å². The van der Waals surface area contributed by atoms with Gasteiger partial charge in [-0.15, -0.1) is 0 Å². The second kappa shape index (κ2) is 5.36. The Morgan fingerprint density at radius 3 is 2.95 bits per heavy atom. The van der Waals surface area contributed by atoms with Crippen LogP contribution < -0.4 is 10.6 Å². The number of aromatic nitrogens is 1. The summed E-state index contributed by atoms with van der Waals surface area (Å²) >= 11 is 0. The number of carbonyl (C=O) groups excluding carboxylic acids is 1. The van der Waals surface area contributed by atoms with Gasteiger partial charge in [0.15, 0.2) is 0 Å². The van der Waals surface area contributed by atoms with Crippen LogP contribution in [0.25, 0.3) is 10.9 Å². The third-order valence-corrected chi connectivity index (χ3v) is 3.32. The minimum Gasteiger partial charge on any atom is -0.351 e. The molecule has 0 bridgehead atoms. The predicted molar refractivity (Wildman–Crippen MR) is 74.6 cm³/mol. The van der Waals surface area contributed by atoms with Crippen LogP contribution in [0.4, 0.5) is 0 Å². The molecule has 1 aromatic heterocycles. The summed E-state index contributed by atoms with van der Waals surface area (Å²) in [5.74, 6) is 0.0415. The van der Waals surface area contributed by atoms with E-state index in [9.17, 15) is 4.79 Å². The number of rotatable bonds is 5. The van der Waals surface area contributed by atoms with E-state index in [1.54, 1.807) is 6.20 Å². The Labute approximate surface area is 112 Å². The molecule has 1 heterocycles. The molecule has 2 aromatic rings. The molecule has 0 aliphatic heterocycles. The lowest BCUT2D eigenvalue weighted by molar-refractivity contribution is -0.120. The first-order valence-electron chi connectivity index (χ1n) is 6.65. The van der Waals surface area contributed by atoms with E-state index in [1.807, 2.05) is 30.3 Å². The van der Waals surface area contributed by atoms with Gasteiger partial charge in [0, 0.05) is 24.2 Å². The van der Waals surface area contributed by atoms with Crippen molar-refractivity contribution >= 4 is 16.8 Å². The summed E-state index contributed by atoms with van der Waals surface area (Å²) in [5.41, 5.74) is 2.01. The average Bonchev–Trinajstić information content (AvgIpc) is 3.27. The number of hydrogen-bond acceptors (Lipinski definition) is 3. The summed E-state index contributed by atoms with van der Waals surface area (Å²) in [7, 11) is 0. The Kier molecular flexibility index (Phi) is 3.42. The van der Waals surface area contributed by atoms with Crippen molar-refractivity contribution < 1.29 is 4.79 Å². The molecular formula is C15H17N3O. The molecule has 0 saturated heterocycles. The molecule has 0 spiro atoms. The van der Waals surface area contributed by atoms with Crippen molar-refractivity contribution in [3.8, 4) is 0 Å². The molecule has 4 nitrogen and oxygen atoms in total. The van der Waals surface area contributed by atoms with Crippen LogP contribution in [0.15, 0.2) is 36.5 Å². The van der Waals surface area contributed by atoms with E-state index in [2.05, 4.69) is 15.6 Å². The van der Waals surface area contributed by atoms with Crippen LogP contribution in [-0.2, 0) is 11.3 Å². The van der Waals surface area contributed by atoms with E-state index in [-0.39, 0.29) is 5.91 Å². The van der Waals surface area contributed by atoms with Crippen LogP contribution in [0.3, 0.4) is 0 Å². The molecule has 1 aromatic carbocycles. The molecule has 1 saturated carbocycles. The third kappa shape index (κ3) is 3.09. The van der Waals surface area contributed by atoms with Gasteiger partial charge >= 0.3 is 0 Å². The second-order valence-corrected chi connectivity index (χ2v) is 4.92. The first-order chi connectivity index (χ1) is 9.33. The number of nitrogens with zero attached hydrogens (tertiary/aromatic N) is 1. The Bertz CT molecular complexity index is 587. The van der Waals surface area contributed by atoms with Crippen molar-refractivity contribution in [2.75, 3.05) is 6.54 Å². The van der Waals surface area contributed by atoms with Gasteiger partial charge in [-0.1, -0.05) is 24.3 Å². The summed E-state index contributed by atoms with van der Waals surface area (Å²) in [6.07, 6.45) is 4.17. The maximum Gasteiger partial charge on any atom is 0.234 e. The van der Waals surface area contributed by atoms with Crippen LogP contribution >= 0.6 is 0 Å². The predicted octanol–water partition coefficient (Wildman–Crippen LogP) is 1.60. The summed E-state index contributed by atoms with van der Waals surface area (Å²) < 4.78 is 0. The van der Waals surface area contributed by atoms with E-state index in [1.165, 1.54) is 12.8 Å². The van der Waals surface area contributed by atoms with Gasteiger partial charge in [-0.05, 0) is 24.5 Å². The molecule has 0 atom stereocenters. The van der Waals surface area contributed by atoms with Gasteiger partial charge in [-0.25, -0.2) is 0 Å². The van der Waals surface area contributed by atoms with E-state index >= 15 is 0 Å². The molecule has 4 heteroatoms. The minimum absolute atomic E-state index is 0.0415. The fraction of sp³-hybridized carbons (Fsp3) is 0.333. The van der Waals surface area contributed by atoms with Crippen molar-refractivity contribution in [3.05, 3.63) is 42.1 Å². The number of pyridine rings is 1. The number of para-hydroxylation sites is 1. The van der Waals surface area contributed by atoms with Gasteiger partial charge in [0.05, 0.1) is 12.1 Å². The van der Waals surface area contributed by atoms with Gasteiger partial charge in [0.1, 0.15) is 0 Å². The van der Waals surface area contributed by atoms with Crippen LogP contribution in [-0.4, -0.2) is 23.5 Å². The van der Waals surface area contributed by atoms with Gasteiger partial charge in [-0.2, -0.15) is 0 Å². The molecule has 2 N–H and O–H groups in total. The Hall–Kier alpha value is -1.94. The molecule has 3 rings (SSSR count). The zero-order valence-corrected chi connectivity index (χ0v) is 10.7. The van der Waals surface area contributed by atoms with Crippen molar-refractivity contribution in [3.63, 3.8) is 0 Å². The third-order valence-electron chi connectivity index (χ3n) is 3.32. The first-order valence-corrected chi connectivity index (χ1v) is 6.65. The smallest absolute Gasteiger partial charge is 0.234 e. The SMILES string of the molecule is O=C(CNC1CC1)NCc1cccc2cccnc12. The van der Waals surface area contributed by atoms with Gasteiger partial charge in [0.25, 0.3) is 0 Å². The highest BCUT2D eigenvalue weighted by molar-refractivity contribution is 5.83. The van der Waals surface area contributed by atoms with Crippen molar-refractivity contribution in [2.45, 2.75) is 25.4 Å². The zero-order chi connectivity index (χ0) is 13.1. The van der Waals surface area contributed by atoms with Gasteiger partial charge < -0.3 is 10.6 Å². The summed E-state index contributed by atoms with van der Waals surface area (Å²) in [4.78, 5) is 16.1. The lowest BCUT2D eigenvalue weighted by Crippen LogP contribution is -2.34. The van der Waals surface area contributed by atoms with Crippen molar-refractivity contribution in [1.82, 2.24) is 15.6 Å². The number of fused-ring (bicyclic) bond motifs is 1. The fourth-order valence-electron chi connectivity index (χ4n) is 2.09. The fourth-order valence-corrected chi connectivity index (χ4v) is 2.09. The number of benzene rings is 1. The minimum atomic E-state index is 0.0415. The van der Waals surface area contributed by atoms with Crippen LogP contribution in [0.2, 0.25) is 0 Å². The lowest BCUT2D eigenvalue weighted by Gasteiger charge is -2.08. The standard InChI is InChI=1S/C15H17N3O/c19-14(10-17-13-6-7-13)18-9-12-4-1-3-11-5-2-8-16-15(11)12/h1-5,8,13,17H,6-7,9-10H2,(H,18,19). The quantitative estimate of drug-likeness (QED) is 0.853. The topological polar surface area (TPSA) is 54.0 Å². The summed E-state index contributed by atoms with van der Waals surface area (Å²) in [5, 5.41) is 7.24. The zero-order valence-electron chi connectivity index (χ0n) is 10.7. The van der Waals surface area contributed by atoms with Gasteiger partial charge in [-0.3, -0.25) is 9.78 Å². The summed E-state index contributed by atoms with van der Waals surface area (Å²) in [6, 6.07) is 10.5.